The highest BCUT2D eigenvalue weighted by Gasteiger charge is 2.09. The number of carbonyl (C=O) groups excluding carboxylic acids is 1. The predicted octanol–water partition coefficient (Wildman–Crippen LogP) is 5.79. The van der Waals surface area contributed by atoms with Gasteiger partial charge in [0, 0.05) is 34.0 Å². The van der Waals surface area contributed by atoms with Crippen molar-refractivity contribution in [2.45, 2.75) is 29.7 Å². The van der Waals surface area contributed by atoms with Gasteiger partial charge in [0.25, 0.3) is 0 Å². The third-order valence-electron chi connectivity index (χ3n) is 3.66. The SMILES string of the molecule is Cc1nn(CCC(=O)Nc2ccccc2Sc2ccc(Cl)cc2)cc1Br. The van der Waals surface area contributed by atoms with Crippen molar-refractivity contribution in [3.05, 3.63) is 69.9 Å². The topological polar surface area (TPSA) is 46.9 Å². The standard InChI is InChI=1S/C19H17BrClN3OS/c1-13-16(20)12-24(23-13)11-10-19(25)22-17-4-2-3-5-18(17)26-15-8-6-14(21)7-9-15/h2-9,12H,10-11H2,1H3,(H,22,25). The average molecular weight is 451 g/mol. The quantitative estimate of drug-likeness (QED) is 0.517. The monoisotopic (exact) mass is 449 g/mol. The molecule has 0 atom stereocenters. The third-order valence-corrected chi connectivity index (χ3v) is 5.77. The van der Waals surface area contributed by atoms with Crippen LogP contribution in [-0.4, -0.2) is 15.7 Å². The van der Waals surface area contributed by atoms with Crippen LogP contribution in [-0.2, 0) is 11.3 Å². The zero-order valence-electron chi connectivity index (χ0n) is 14.1. The molecule has 3 aromatic rings. The van der Waals surface area contributed by atoms with E-state index >= 15 is 0 Å². The molecule has 1 aromatic heterocycles. The molecule has 2 aromatic carbocycles. The molecule has 0 saturated heterocycles. The average Bonchev–Trinajstić information content (AvgIpc) is 2.95. The molecule has 0 aliphatic rings. The smallest absolute Gasteiger partial charge is 0.226 e. The molecule has 134 valence electrons. The van der Waals surface area contributed by atoms with E-state index < -0.39 is 0 Å². The van der Waals surface area contributed by atoms with E-state index in [2.05, 4.69) is 26.3 Å². The molecular weight excluding hydrogens is 434 g/mol. The summed E-state index contributed by atoms with van der Waals surface area (Å²) < 4.78 is 2.72. The molecule has 0 saturated carbocycles. The molecule has 3 rings (SSSR count). The highest BCUT2D eigenvalue weighted by atomic mass is 79.9. The molecule has 0 unspecified atom stereocenters. The van der Waals surface area contributed by atoms with Crippen LogP contribution < -0.4 is 5.32 Å². The van der Waals surface area contributed by atoms with Crippen LogP contribution >= 0.6 is 39.3 Å². The highest BCUT2D eigenvalue weighted by Crippen LogP contribution is 2.33. The third kappa shape index (κ3) is 5.13. The summed E-state index contributed by atoms with van der Waals surface area (Å²) in [7, 11) is 0. The predicted molar refractivity (Wildman–Crippen MR) is 110 cm³/mol. The number of carbonyl (C=O) groups is 1. The first-order valence-electron chi connectivity index (χ1n) is 8.03. The Morgan fingerprint density at radius 2 is 1.96 bits per heavy atom. The first-order valence-corrected chi connectivity index (χ1v) is 10.0. The number of hydrogen-bond donors (Lipinski definition) is 1. The van der Waals surface area contributed by atoms with Crippen LogP contribution in [0.4, 0.5) is 5.69 Å². The lowest BCUT2D eigenvalue weighted by atomic mass is 10.3. The van der Waals surface area contributed by atoms with Gasteiger partial charge < -0.3 is 5.32 Å². The van der Waals surface area contributed by atoms with Gasteiger partial charge in [0.15, 0.2) is 0 Å². The second-order valence-electron chi connectivity index (χ2n) is 5.68. The van der Waals surface area contributed by atoms with E-state index in [1.165, 1.54) is 0 Å². The molecule has 0 spiro atoms. The summed E-state index contributed by atoms with van der Waals surface area (Å²) >= 11 is 10.9. The Bertz CT molecular complexity index is 892. The summed E-state index contributed by atoms with van der Waals surface area (Å²) in [5.74, 6) is -0.0431. The number of hydrogen-bond acceptors (Lipinski definition) is 3. The lowest BCUT2D eigenvalue weighted by Gasteiger charge is -2.11. The first-order chi connectivity index (χ1) is 12.5. The maximum atomic E-state index is 12.3. The van der Waals surface area contributed by atoms with E-state index in [0.29, 0.717) is 18.0 Å². The van der Waals surface area contributed by atoms with Crippen molar-refractivity contribution in [1.82, 2.24) is 9.78 Å². The number of nitrogens with zero attached hydrogens (tertiary/aromatic N) is 2. The molecular formula is C19H17BrClN3OS. The number of amides is 1. The lowest BCUT2D eigenvalue weighted by molar-refractivity contribution is -0.116. The van der Waals surface area contributed by atoms with Gasteiger partial charge in [-0.15, -0.1) is 0 Å². The van der Waals surface area contributed by atoms with E-state index in [0.717, 1.165) is 25.6 Å². The maximum absolute atomic E-state index is 12.3. The van der Waals surface area contributed by atoms with Crippen LogP contribution in [0.2, 0.25) is 5.02 Å². The molecule has 7 heteroatoms. The largest absolute Gasteiger partial charge is 0.325 e. The number of anilines is 1. The van der Waals surface area contributed by atoms with Gasteiger partial charge in [0.1, 0.15) is 0 Å². The van der Waals surface area contributed by atoms with Crippen LogP contribution in [0.25, 0.3) is 0 Å². The highest BCUT2D eigenvalue weighted by molar-refractivity contribution is 9.10. The minimum Gasteiger partial charge on any atom is -0.325 e. The fourth-order valence-electron chi connectivity index (χ4n) is 2.33. The number of rotatable bonds is 6. The first kappa shape index (κ1) is 19.0. The van der Waals surface area contributed by atoms with Crippen molar-refractivity contribution in [2.24, 2.45) is 0 Å². The number of nitrogens with one attached hydrogen (secondary N) is 1. The summed E-state index contributed by atoms with van der Waals surface area (Å²) in [6.07, 6.45) is 2.24. The summed E-state index contributed by atoms with van der Waals surface area (Å²) in [5.41, 5.74) is 1.71. The van der Waals surface area contributed by atoms with Crippen LogP contribution in [0, 0.1) is 6.92 Å². The van der Waals surface area contributed by atoms with Gasteiger partial charge in [0.2, 0.25) is 5.91 Å². The molecule has 0 aliphatic carbocycles. The van der Waals surface area contributed by atoms with Crippen molar-refractivity contribution in [3.63, 3.8) is 0 Å². The zero-order chi connectivity index (χ0) is 18.5. The van der Waals surface area contributed by atoms with Crippen molar-refractivity contribution in [3.8, 4) is 0 Å². The van der Waals surface area contributed by atoms with Crippen LogP contribution in [0.15, 0.2) is 69.0 Å². The second kappa shape index (κ2) is 8.75. The van der Waals surface area contributed by atoms with E-state index in [1.54, 1.807) is 16.4 Å². The Balaban J connectivity index is 1.63. The normalized spacial score (nSPS) is 10.7. The van der Waals surface area contributed by atoms with Gasteiger partial charge in [-0.2, -0.15) is 5.10 Å². The Morgan fingerprint density at radius 3 is 2.65 bits per heavy atom. The Hall–Kier alpha value is -1.76. The Labute approximate surface area is 170 Å². The fourth-order valence-corrected chi connectivity index (χ4v) is 3.67. The number of benzene rings is 2. The van der Waals surface area contributed by atoms with Crippen LogP contribution in [0.5, 0.6) is 0 Å². The minimum atomic E-state index is -0.0431. The van der Waals surface area contributed by atoms with E-state index in [1.807, 2.05) is 61.7 Å². The fraction of sp³-hybridized carbons (Fsp3) is 0.158. The molecule has 1 heterocycles. The molecule has 0 bridgehead atoms. The van der Waals surface area contributed by atoms with Gasteiger partial charge in [-0.3, -0.25) is 9.48 Å². The van der Waals surface area contributed by atoms with Crippen molar-refractivity contribution < 1.29 is 4.79 Å². The molecule has 0 radical (unpaired) electrons. The van der Waals surface area contributed by atoms with Crippen molar-refractivity contribution in [1.29, 1.82) is 0 Å². The zero-order valence-corrected chi connectivity index (χ0v) is 17.2. The molecule has 1 N–H and O–H groups in total. The van der Waals surface area contributed by atoms with Gasteiger partial charge in [-0.05, 0) is 59.3 Å². The van der Waals surface area contributed by atoms with E-state index in [-0.39, 0.29) is 5.91 Å². The van der Waals surface area contributed by atoms with E-state index in [9.17, 15) is 4.79 Å². The van der Waals surface area contributed by atoms with Crippen molar-refractivity contribution >= 4 is 50.9 Å². The number of aryl methyl sites for hydroxylation is 2. The summed E-state index contributed by atoms with van der Waals surface area (Å²) in [4.78, 5) is 14.4. The minimum absolute atomic E-state index is 0.0431. The van der Waals surface area contributed by atoms with Gasteiger partial charge in [0.05, 0.1) is 15.9 Å². The molecule has 4 nitrogen and oxygen atoms in total. The maximum Gasteiger partial charge on any atom is 0.226 e. The molecule has 0 fully saturated rings. The van der Waals surface area contributed by atoms with E-state index in [4.69, 9.17) is 11.6 Å². The Morgan fingerprint density at radius 1 is 1.23 bits per heavy atom. The lowest BCUT2D eigenvalue weighted by Crippen LogP contribution is -2.15. The molecule has 1 amide bonds. The summed E-state index contributed by atoms with van der Waals surface area (Å²) in [6.45, 7) is 2.45. The summed E-state index contributed by atoms with van der Waals surface area (Å²) in [5, 5.41) is 8.04. The van der Waals surface area contributed by atoms with Gasteiger partial charge >= 0.3 is 0 Å². The second-order valence-corrected chi connectivity index (χ2v) is 8.08. The number of para-hydroxylation sites is 1. The van der Waals surface area contributed by atoms with Crippen LogP contribution in [0.1, 0.15) is 12.1 Å². The number of aromatic nitrogens is 2. The van der Waals surface area contributed by atoms with Crippen molar-refractivity contribution in [2.75, 3.05) is 5.32 Å². The number of halogens is 2. The summed E-state index contributed by atoms with van der Waals surface area (Å²) in [6, 6.07) is 15.4. The molecule has 0 aliphatic heterocycles. The molecule has 26 heavy (non-hydrogen) atoms. The Kier molecular flexibility index (Phi) is 6.40. The van der Waals surface area contributed by atoms with Gasteiger partial charge in [-0.1, -0.05) is 35.5 Å². The van der Waals surface area contributed by atoms with Gasteiger partial charge in [-0.25, -0.2) is 0 Å². The van der Waals surface area contributed by atoms with Crippen LogP contribution in [0.3, 0.4) is 0 Å².